The first-order chi connectivity index (χ1) is 13.6. The third-order valence-electron chi connectivity index (χ3n) is 5.92. The molecule has 2 aliphatic rings. The fourth-order valence-corrected chi connectivity index (χ4v) is 4.22. The van der Waals surface area contributed by atoms with Crippen molar-refractivity contribution in [2.24, 2.45) is 0 Å². The van der Waals surface area contributed by atoms with Crippen LogP contribution in [-0.2, 0) is 6.42 Å². The lowest BCUT2D eigenvalue weighted by Crippen LogP contribution is -2.53. The second kappa shape index (κ2) is 7.66. The molecular formula is C23H27N3O2. The van der Waals surface area contributed by atoms with E-state index in [0.29, 0.717) is 11.1 Å². The molecule has 0 saturated carbocycles. The highest BCUT2D eigenvalue weighted by Crippen LogP contribution is 2.34. The number of fused-ring (bicyclic) bond motifs is 2. The first kappa shape index (κ1) is 18.5. The number of amides is 2. The Morgan fingerprint density at radius 1 is 1.11 bits per heavy atom. The molecule has 2 heterocycles. The summed E-state index contributed by atoms with van der Waals surface area (Å²) in [5.74, 6) is -0.0710. The van der Waals surface area contributed by atoms with E-state index in [1.54, 1.807) is 12.1 Å². The zero-order valence-corrected chi connectivity index (χ0v) is 16.6. The summed E-state index contributed by atoms with van der Waals surface area (Å²) in [6, 6.07) is 13.3. The maximum atomic E-state index is 13.0. The smallest absolute Gasteiger partial charge is 0.257 e. The fraction of sp³-hybridized carbons (Fsp3) is 0.391. The van der Waals surface area contributed by atoms with Crippen molar-refractivity contribution in [3.63, 3.8) is 0 Å². The Labute approximate surface area is 166 Å². The van der Waals surface area contributed by atoms with Gasteiger partial charge in [0.05, 0.1) is 11.3 Å². The predicted octanol–water partition coefficient (Wildman–Crippen LogP) is 4.29. The van der Waals surface area contributed by atoms with Gasteiger partial charge in [0, 0.05) is 24.8 Å². The van der Waals surface area contributed by atoms with Gasteiger partial charge >= 0.3 is 0 Å². The van der Waals surface area contributed by atoms with Gasteiger partial charge in [-0.25, -0.2) is 0 Å². The van der Waals surface area contributed by atoms with Gasteiger partial charge in [0.2, 0.25) is 0 Å². The normalized spacial score (nSPS) is 18.9. The standard InChI is InChI=1S/C23H27N3O2/c1-3-16-8-11-18(12-9-16)24-22(27)17-10-13-19-20(15-17)25(2)21-7-5-4-6-14-26(21)23(19)28/h8-13,15,21H,3-7,14H2,1-2H3,(H,24,27). The highest BCUT2D eigenvalue weighted by Gasteiger charge is 2.36. The maximum Gasteiger partial charge on any atom is 0.257 e. The van der Waals surface area contributed by atoms with E-state index in [0.717, 1.165) is 50.0 Å². The van der Waals surface area contributed by atoms with Gasteiger partial charge in [-0.05, 0) is 61.6 Å². The van der Waals surface area contributed by atoms with Gasteiger partial charge in [-0.3, -0.25) is 9.59 Å². The molecule has 1 N–H and O–H groups in total. The van der Waals surface area contributed by atoms with Crippen LogP contribution in [0.25, 0.3) is 0 Å². The van der Waals surface area contributed by atoms with Crippen molar-refractivity contribution in [2.45, 2.75) is 45.2 Å². The monoisotopic (exact) mass is 377 g/mol. The first-order valence-corrected chi connectivity index (χ1v) is 10.2. The van der Waals surface area contributed by atoms with Crippen LogP contribution < -0.4 is 10.2 Å². The van der Waals surface area contributed by atoms with Crippen molar-refractivity contribution >= 4 is 23.2 Å². The lowest BCUT2D eigenvalue weighted by molar-refractivity contribution is 0.0661. The Bertz CT molecular complexity index is 891. The van der Waals surface area contributed by atoms with Crippen LogP contribution in [0, 0.1) is 0 Å². The van der Waals surface area contributed by atoms with E-state index in [1.807, 2.05) is 42.3 Å². The van der Waals surface area contributed by atoms with Crippen LogP contribution in [0.15, 0.2) is 42.5 Å². The molecule has 0 bridgehead atoms. The molecule has 1 unspecified atom stereocenters. The SMILES string of the molecule is CCc1ccc(NC(=O)c2ccc3c(c2)N(C)C2CCCCCN2C3=O)cc1. The summed E-state index contributed by atoms with van der Waals surface area (Å²) < 4.78 is 0. The summed E-state index contributed by atoms with van der Waals surface area (Å²) in [6.45, 7) is 2.91. The summed E-state index contributed by atoms with van der Waals surface area (Å²) in [5.41, 5.74) is 4.12. The molecule has 0 spiro atoms. The van der Waals surface area contributed by atoms with Crippen molar-refractivity contribution in [1.82, 2.24) is 4.90 Å². The number of nitrogens with one attached hydrogen (secondary N) is 1. The van der Waals surface area contributed by atoms with Gasteiger partial charge in [-0.2, -0.15) is 0 Å². The molecule has 0 aromatic heterocycles. The number of aryl methyl sites for hydroxylation is 1. The Kier molecular flexibility index (Phi) is 5.07. The van der Waals surface area contributed by atoms with Crippen molar-refractivity contribution in [3.05, 3.63) is 59.2 Å². The number of hydrogen-bond acceptors (Lipinski definition) is 3. The Morgan fingerprint density at radius 3 is 2.64 bits per heavy atom. The van der Waals surface area contributed by atoms with Crippen molar-refractivity contribution < 1.29 is 9.59 Å². The van der Waals surface area contributed by atoms with Crippen LogP contribution >= 0.6 is 0 Å². The van der Waals surface area contributed by atoms with E-state index < -0.39 is 0 Å². The molecule has 1 saturated heterocycles. The summed E-state index contributed by atoms with van der Waals surface area (Å²) in [5, 5.41) is 2.96. The summed E-state index contributed by atoms with van der Waals surface area (Å²) in [4.78, 5) is 29.9. The van der Waals surface area contributed by atoms with Gasteiger partial charge in [0.15, 0.2) is 0 Å². The third-order valence-corrected chi connectivity index (χ3v) is 5.92. The molecular weight excluding hydrogens is 350 g/mol. The average Bonchev–Trinajstić information content (AvgIpc) is 2.98. The van der Waals surface area contributed by atoms with E-state index in [9.17, 15) is 9.59 Å². The molecule has 146 valence electrons. The van der Waals surface area contributed by atoms with Gasteiger partial charge in [-0.15, -0.1) is 0 Å². The molecule has 2 aliphatic heterocycles. The number of benzene rings is 2. The van der Waals surface area contributed by atoms with Gasteiger partial charge in [0.1, 0.15) is 6.17 Å². The fourth-order valence-electron chi connectivity index (χ4n) is 4.22. The van der Waals surface area contributed by atoms with E-state index in [4.69, 9.17) is 0 Å². The van der Waals surface area contributed by atoms with Crippen molar-refractivity contribution in [1.29, 1.82) is 0 Å². The van der Waals surface area contributed by atoms with Crippen LogP contribution in [0.1, 0.15) is 58.9 Å². The molecule has 28 heavy (non-hydrogen) atoms. The zero-order chi connectivity index (χ0) is 19.7. The van der Waals surface area contributed by atoms with Crippen LogP contribution in [0.4, 0.5) is 11.4 Å². The van der Waals surface area contributed by atoms with Crippen LogP contribution in [-0.4, -0.2) is 36.5 Å². The number of carbonyl (C=O) groups excluding carboxylic acids is 2. The van der Waals surface area contributed by atoms with E-state index >= 15 is 0 Å². The number of carbonyl (C=O) groups is 2. The van der Waals surface area contributed by atoms with Crippen molar-refractivity contribution in [3.8, 4) is 0 Å². The van der Waals surface area contributed by atoms with Crippen LogP contribution in [0.3, 0.4) is 0 Å². The molecule has 1 atom stereocenters. The Balaban J connectivity index is 1.59. The van der Waals surface area contributed by atoms with E-state index in [2.05, 4.69) is 17.1 Å². The van der Waals surface area contributed by atoms with E-state index in [1.165, 1.54) is 5.56 Å². The van der Waals surface area contributed by atoms with Crippen LogP contribution in [0.5, 0.6) is 0 Å². The molecule has 4 rings (SSSR count). The topological polar surface area (TPSA) is 52.7 Å². The molecule has 5 nitrogen and oxygen atoms in total. The highest BCUT2D eigenvalue weighted by atomic mass is 16.2. The van der Waals surface area contributed by atoms with Crippen molar-refractivity contribution in [2.75, 3.05) is 23.8 Å². The first-order valence-electron chi connectivity index (χ1n) is 10.2. The molecule has 2 aromatic carbocycles. The minimum absolute atomic E-state index is 0.0853. The molecule has 5 heteroatoms. The number of nitrogens with zero attached hydrogens (tertiary/aromatic N) is 2. The number of rotatable bonds is 3. The van der Waals surface area contributed by atoms with Gasteiger partial charge in [0.25, 0.3) is 11.8 Å². The molecule has 0 aliphatic carbocycles. The molecule has 2 aromatic rings. The second-order valence-corrected chi connectivity index (χ2v) is 7.68. The number of hydrogen-bond donors (Lipinski definition) is 1. The minimum Gasteiger partial charge on any atom is -0.354 e. The Hall–Kier alpha value is -2.82. The van der Waals surface area contributed by atoms with Crippen LogP contribution in [0.2, 0.25) is 0 Å². The minimum atomic E-state index is -0.156. The lowest BCUT2D eigenvalue weighted by atomic mass is 10.0. The molecule has 0 radical (unpaired) electrons. The largest absolute Gasteiger partial charge is 0.354 e. The lowest BCUT2D eigenvalue weighted by Gasteiger charge is -2.43. The third kappa shape index (κ3) is 3.37. The summed E-state index contributed by atoms with van der Waals surface area (Å²) in [7, 11) is 2.03. The summed E-state index contributed by atoms with van der Waals surface area (Å²) >= 11 is 0. The maximum absolute atomic E-state index is 13.0. The quantitative estimate of drug-likeness (QED) is 0.868. The molecule has 1 fully saturated rings. The molecule has 2 amide bonds. The average molecular weight is 377 g/mol. The summed E-state index contributed by atoms with van der Waals surface area (Å²) in [6.07, 6.45) is 5.38. The van der Waals surface area contributed by atoms with E-state index in [-0.39, 0.29) is 18.0 Å². The highest BCUT2D eigenvalue weighted by molar-refractivity contribution is 6.08. The predicted molar refractivity (Wildman–Crippen MR) is 112 cm³/mol. The van der Waals surface area contributed by atoms with Gasteiger partial charge < -0.3 is 15.1 Å². The Morgan fingerprint density at radius 2 is 1.89 bits per heavy atom. The second-order valence-electron chi connectivity index (χ2n) is 7.68. The van der Waals surface area contributed by atoms with Gasteiger partial charge in [-0.1, -0.05) is 25.5 Å². The number of anilines is 2. The zero-order valence-electron chi connectivity index (χ0n) is 16.6.